The Kier molecular flexibility index (Phi) is 4.65. The molecule has 0 radical (unpaired) electrons. The number of aromatic nitrogens is 3. The van der Waals surface area contributed by atoms with Crippen LogP contribution in [0.25, 0.3) is 10.9 Å². The molecule has 6 heteroatoms. The highest BCUT2D eigenvalue weighted by Gasteiger charge is 2.09. The summed E-state index contributed by atoms with van der Waals surface area (Å²) in [5.41, 5.74) is 2.01. The van der Waals surface area contributed by atoms with Crippen LogP contribution >= 0.6 is 0 Å². The number of fused-ring (bicyclic) bond motifs is 1. The van der Waals surface area contributed by atoms with Gasteiger partial charge in [0.25, 0.3) is 5.91 Å². The maximum Gasteiger partial charge on any atom is 0.271 e. The fourth-order valence-electron chi connectivity index (χ4n) is 2.24. The smallest absolute Gasteiger partial charge is 0.271 e. The minimum atomic E-state index is -0.213. The zero-order valence-corrected chi connectivity index (χ0v) is 13.7. The van der Waals surface area contributed by atoms with Crippen molar-refractivity contribution in [1.82, 2.24) is 20.3 Å². The van der Waals surface area contributed by atoms with Crippen molar-refractivity contribution in [2.45, 2.75) is 13.8 Å². The van der Waals surface area contributed by atoms with Crippen molar-refractivity contribution >= 4 is 28.3 Å². The number of benzene rings is 1. The van der Waals surface area contributed by atoms with Crippen LogP contribution in [0.1, 0.15) is 24.3 Å². The van der Waals surface area contributed by atoms with E-state index in [1.165, 1.54) is 6.20 Å². The normalized spacial score (nSPS) is 10.8. The van der Waals surface area contributed by atoms with Gasteiger partial charge in [-0.15, -0.1) is 0 Å². The van der Waals surface area contributed by atoms with Crippen LogP contribution in [0.15, 0.2) is 48.9 Å². The van der Waals surface area contributed by atoms with Gasteiger partial charge in [0, 0.05) is 18.1 Å². The maximum absolute atomic E-state index is 11.9. The van der Waals surface area contributed by atoms with Gasteiger partial charge >= 0.3 is 0 Å². The van der Waals surface area contributed by atoms with Crippen LogP contribution in [0.5, 0.6) is 0 Å². The molecule has 24 heavy (non-hydrogen) atoms. The second-order valence-corrected chi connectivity index (χ2v) is 5.90. The van der Waals surface area contributed by atoms with Gasteiger partial charge in [-0.3, -0.25) is 9.78 Å². The Bertz CT molecular complexity index is 840. The predicted octanol–water partition coefficient (Wildman–Crippen LogP) is 3.15. The first-order chi connectivity index (χ1) is 11.6. The Labute approximate surface area is 140 Å². The molecule has 0 atom stereocenters. The molecule has 2 N–H and O–H groups in total. The van der Waals surface area contributed by atoms with Gasteiger partial charge in [-0.2, -0.15) is 0 Å². The van der Waals surface area contributed by atoms with Gasteiger partial charge in [0.1, 0.15) is 11.5 Å². The van der Waals surface area contributed by atoms with E-state index in [9.17, 15) is 4.79 Å². The third kappa shape index (κ3) is 3.65. The molecule has 0 fully saturated rings. The highest BCUT2D eigenvalue weighted by Crippen LogP contribution is 2.23. The molecule has 0 aliphatic heterocycles. The number of hydrogen-bond acceptors (Lipinski definition) is 5. The quantitative estimate of drug-likeness (QED) is 0.754. The number of carbonyl (C=O) groups is 1. The molecule has 0 saturated heterocycles. The number of nitrogens with zero attached hydrogens (tertiary/aromatic N) is 3. The number of para-hydroxylation sites is 1. The van der Waals surface area contributed by atoms with Gasteiger partial charge < -0.3 is 10.6 Å². The lowest BCUT2D eigenvalue weighted by Crippen LogP contribution is -2.28. The molecule has 122 valence electrons. The van der Waals surface area contributed by atoms with E-state index >= 15 is 0 Å². The Morgan fingerprint density at radius 3 is 2.67 bits per heavy atom. The summed E-state index contributed by atoms with van der Waals surface area (Å²) in [7, 11) is 0. The van der Waals surface area contributed by atoms with Crippen LogP contribution < -0.4 is 10.6 Å². The van der Waals surface area contributed by atoms with Crippen molar-refractivity contribution in [1.29, 1.82) is 0 Å². The van der Waals surface area contributed by atoms with Crippen LogP contribution in [-0.2, 0) is 0 Å². The van der Waals surface area contributed by atoms with E-state index in [2.05, 4.69) is 25.6 Å². The Hall–Kier alpha value is -3.02. The average Bonchev–Trinajstić information content (AvgIpc) is 2.60. The van der Waals surface area contributed by atoms with Crippen molar-refractivity contribution < 1.29 is 4.79 Å². The van der Waals surface area contributed by atoms with Gasteiger partial charge in [-0.25, -0.2) is 9.97 Å². The fourth-order valence-corrected chi connectivity index (χ4v) is 2.24. The van der Waals surface area contributed by atoms with E-state index in [0.29, 0.717) is 24.0 Å². The Morgan fingerprint density at radius 2 is 1.92 bits per heavy atom. The van der Waals surface area contributed by atoms with Crippen molar-refractivity contribution in [3.05, 3.63) is 54.6 Å². The highest BCUT2D eigenvalue weighted by molar-refractivity contribution is 5.93. The van der Waals surface area contributed by atoms with Gasteiger partial charge in [-0.1, -0.05) is 32.0 Å². The molecular formula is C18H19N5O. The van der Waals surface area contributed by atoms with E-state index in [1.807, 2.05) is 44.2 Å². The van der Waals surface area contributed by atoms with E-state index in [-0.39, 0.29) is 5.91 Å². The van der Waals surface area contributed by atoms with Gasteiger partial charge in [0.2, 0.25) is 0 Å². The summed E-state index contributed by atoms with van der Waals surface area (Å²) in [6.45, 7) is 4.69. The zero-order valence-electron chi connectivity index (χ0n) is 13.7. The van der Waals surface area contributed by atoms with E-state index in [4.69, 9.17) is 0 Å². The van der Waals surface area contributed by atoms with Crippen molar-refractivity contribution in [2.24, 2.45) is 5.92 Å². The van der Waals surface area contributed by atoms with Crippen molar-refractivity contribution in [2.75, 3.05) is 11.9 Å². The summed E-state index contributed by atoms with van der Waals surface area (Å²) in [4.78, 5) is 24.8. The second-order valence-electron chi connectivity index (χ2n) is 5.90. The molecular weight excluding hydrogens is 302 g/mol. The summed E-state index contributed by atoms with van der Waals surface area (Å²) >= 11 is 0. The number of hydrogen-bond donors (Lipinski definition) is 2. The molecule has 1 amide bonds. The number of carbonyl (C=O) groups excluding carboxylic acids is 1. The third-order valence-corrected chi connectivity index (χ3v) is 3.45. The Morgan fingerprint density at radius 1 is 1.08 bits per heavy atom. The van der Waals surface area contributed by atoms with E-state index in [0.717, 1.165) is 16.6 Å². The van der Waals surface area contributed by atoms with Gasteiger partial charge in [-0.05, 0) is 18.1 Å². The molecule has 0 aliphatic rings. The molecule has 0 unspecified atom stereocenters. The average molecular weight is 321 g/mol. The first-order valence-corrected chi connectivity index (χ1v) is 7.84. The highest BCUT2D eigenvalue weighted by atomic mass is 16.1. The number of anilines is 2. The monoisotopic (exact) mass is 321 g/mol. The largest absolute Gasteiger partial charge is 0.350 e. The molecule has 2 aromatic heterocycles. The molecule has 3 rings (SSSR count). The molecule has 6 nitrogen and oxygen atoms in total. The number of amides is 1. The fraction of sp³-hybridized carbons (Fsp3) is 0.222. The first kappa shape index (κ1) is 15.9. The lowest BCUT2D eigenvalue weighted by Gasteiger charge is -2.09. The first-order valence-electron chi connectivity index (χ1n) is 7.84. The number of rotatable bonds is 5. The molecule has 0 aliphatic carbocycles. The van der Waals surface area contributed by atoms with Gasteiger partial charge in [0.05, 0.1) is 23.6 Å². The molecule has 2 heterocycles. The molecule has 0 saturated carbocycles. The lowest BCUT2D eigenvalue weighted by molar-refractivity contribution is 0.0943. The van der Waals surface area contributed by atoms with Crippen LogP contribution in [0.3, 0.4) is 0 Å². The number of pyridine rings is 1. The maximum atomic E-state index is 11.9. The van der Waals surface area contributed by atoms with Crippen LogP contribution in [0.4, 0.5) is 11.5 Å². The molecule has 1 aromatic carbocycles. The topological polar surface area (TPSA) is 79.8 Å². The Balaban J connectivity index is 1.75. The van der Waals surface area contributed by atoms with E-state index in [1.54, 1.807) is 12.4 Å². The van der Waals surface area contributed by atoms with Gasteiger partial charge in [0.15, 0.2) is 0 Å². The lowest BCUT2D eigenvalue weighted by atomic mass is 10.2. The van der Waals surface area contributed by atoms with Crippen LogP contribution in [0, 0.1) is 5.92 Å². The second kappa shape index (κ2) is 7.04. The molecule has 0 spiro atoms. The zero-order chi connectivity index (χ0) is 16.9. The third-order valence-electron chi connectivity index (χ3n) is 3.45. The summed E-state index contributed by atoms with van der Waals surface area (Å²) in [6.07, 6.45) is 4.77. The summed E-state index contributed by atoms with van der Waals surface area (Å²) in [6, 6.07) is 9.78. The minimum Gasteiger partial charge on any atom is -0.350 e. The number of nitrogens with one attached hydrogen (secondary N) is 2. The molecule has 0 bridgehead atoms. The van der Waals surface area contributed by atoms with Crippen LogP contribution in [-0.4, -0.2) is 27.4 Å². The predicted molar refractivity (Wildman–Crippen MR) is 94.2 cm³/mol. The summed E-state index contributed by atoms with van der Waals surface area (Å²) < 4.78 is 0. The summed E-state index contributed by atoms with van der Waals surface area (Å²) in [5, 5.41) is 7.06. The SMILES string of the molecule is CC(C)CNC(=O)c1cnc(Nc2cccc3cccnc23)cn1. The standard InChI is InChI=1S/C18H19N5O/c1-12(2)9-22-18(24)15-10-21-16(11-20-15)23-14-7-3-5-13-6-4-8-19-17(13)14/h3-8,10-12H,9H2,1-2H3,(H,21,23)(H,22,24). The van der Waals surface area contributed by atoms with Crippen molar-refractivity contribution in [3.63, 3.8) is 0 Å². The van der Waals surface area contributed by atoms with Crippen molar-refractivity contribution in [3.8, 4) is 0 Å². The van der Waals surface area contributed by atoms with Crippen LogP contribution in [0.2, 0.25) is 0 Å². The summed E-state index contributed by atoms with van der Waals surface area (Å²) in [5.74, 6) is 0.741. The van der Waals surface area contributed by atoms with E-state index < -0.39 is 0 Å². The molecule has 3 aromatic rings. The minimum absolute atomic E-state index is 0.213.